The molecule has 0 aliphatic rings. The second-order valence-corrected chi connectivity index (χ2v) is 6.10. The normalized spacial score (nSPS) is 14.8. The quantitative estimate of drug-likeness (QED) is 0.781. The Kier molecular flexibility index (Phi) is 6.12. The summed E-state index contributed by atoms with van der Waals surface area (Å²) in [6.07, 6.45) is 0.954. The van der Waals surface area contributed by atoms with Gasteiger partial charge in [0.2, 0.25) is 0 Å². The second kappa shape index (κ2) is 6.85. The molecule has 1 aromatic carbocycles. The molecule has 2 atom stereocenters. The van der Waals surface area contributed by atoms with Gasteiger partial charge in [-0.05, 0) is 38.0 Å². The van der Waals surface area contributed by atoms with Crippen LogP contribution in [0.5, 0.6) is 0 Å². The summed E-state index contributed by atoms with van der Waals surface area (Å²) in [5, 5.41) is 4.39. The van der Waals surface area contributed by atoms with Gasteiger partial charge in [0.15, 0.2) is 0 Å². The largest absolute Gasteiger partial charge is 0.310 e. The van der Waals surface area contributed by atoms with Crippen LogP contribution in [0.25, 0.3) is 0 Å². The van der Waals surface area contributed by atoms with Gasteiger partial charge in [0.1, 0.15) is 0 Å². The monoisotopic (exact) mass is 323 g/mol. The number of hydrogen-bond donors (Lipinski definition) is 1. The summed E-state index contributed by atoms with van der Waals surface area (Å²) >= 11 is 15.4. The minimum atomic E-state index is 0.197. The van der Waals surface area contributed by atoms with Crippen LogP contribution in [0.15, 0.2) is 22.7 Å². The van der Waals surface area contributed by atoms with Crippen molar-refractivity contribution in [3.8, 4) is 0 Å². The lowest BCUT2D eigenvalue weighted by atomic mass is 10.1. The number of benzene rings is 1. The lowest BCUT2D eigenvalue weighted by molar-refractivity contribution is 0.511. The van der Waals surface area contributed by atoms with Gasteiger partial charge in [0.25, 0.3) is 0 Å². The molecule has 0 aliphatic carbocycles. The van der Waals surface area contributed by atoms with Crippen molar-refractivity contribution >= 4 is 39.1 Å². The molecule has 0 heterocycles. The van der Waals surface area contributed by atoms with E-state index >= 15 is 0 Å². The Morgan fingerprint density at radius 1 is 1.38 bits per heavy atom. The van der Waals surface area contributed by atoms with Gasteiger partial charge in [-0.2, -0.15) is 0 Å². The van der Waals surface area contributed by atoms with Crippen LogP contribution in [0.1, 0.15) is 25.8 Å². The van der Waals surface area contributed by atoms with Gasteiger partial charge in [0.05, 0.1) is 0 Å². The van der Waals surface area contributed by atoms with E-state index < -0.39 is 0 Å². The Labute approximate surface area is 116 Å². The van der Waals surface area contributed by atoms with Gasteiger partial charge in [0, 0.05) is 27.5 Å². The van der Waals surface area contributed by atoms with Crippen molar-refractivity contribution in [1.29, 1.82) is 0 Å². The molecule has 0 amide bonds. The molecule has 1 nitrogen and oxygen atoms in total. The van der Waals surface area contributed by atoms with E-state index in [9.17, 15) is 0 Å². The van der Waals surface area contributed by atoms with E-state index in [2.05, 4.69) is 28.2 Å². The van der Waals surface area contributed by atoms with Gasteiger partial charge < -0.3 is 5.32 Å². The van der Waals surface area contributed by atoms with Gasteiger partial charge in [-0.3, -0.25) is 0 Å². The smallest absolute Gasteiger partial charge is 0.0462 e. The van der Waals surface area contributed by atoms with Crippen LogP contribution in [0.3, 0.4) is 0 Å². The topological polar surface area (TPSA) is 12.0 Å². The lowest BCUT2D eigenvalue weighted by Crippen LogP contribution is -2.27. The average molecular weight is 325 g/mol. The minimum absolute atomic E-state index is 0.197. The number of rotatable bonds is 5. The molecule has 0 aliphatic heterocycles. The summed E-state index contributed by atoms with van der Waals surface area (Å²) in [6, 6.07) is 6.33. The standard InChI is InChI=1S/C12H16BrCl2N/c1-8(14)5-9(2)16-7-10-3-4-11(13)6-12(10)15/h3-4,6,8-9,16H,5,7H2,1-2H3. The Hall–Kier alpha value is 0.240. The van der Waals surface area contributed by atoms with Crippen molar-refractivity contribution in [2.75, 3.05) is 0 Å². The first-order valence-corrected chi connectivity index (χ1v) is 6.91. The highest BCUT2D eigenvalue weighted by Gasteiger charge is 2.07. The van der Waals surface area contributed by atoms with E-state index in [4.69, 9.17) is 23.2 Å². The predicted molar refractivity (Wildman–Crippen MR) is 75.4 cm³/mol. The van der Waals surface area contributed by atoms with Crippen LogP contribution in [-0.4, -0.2) is 11.4 Å². The third kappa shape index (κ3) is 5.05. The van der Waals surface area contributed by atoms with Crippen LogP contribution in [0.4, 0.5) is 0 Å². The van der Waals surface area contributed by atoms with Crippen LogP contribution in [0, 0.1) is 0 Å². The summed E-state index contributed by atoms with van der Waals surface area (Å²) < 4.78 is 1.00. The fourth-order valence-corrected chi connectivity index (χ4v) is 2.53. The fraction of sp³-hybridized carbons (Fsp3) is 0.500. The third-order valence-corrected chi connectivity index (χ3v) is 3.36. The van der Waals surface area contributed by atoms with Crippen LogP contribution < -0.4 is 5.32 Å². The molecule has 1 aromatic rings. The summed E-state index contributed by atoms with van der Waals surface area (Å²) in [5.41, 5.74) is 1.11. The summed E-state index contributed by atoms with van der Waals surface area (Å²) in [7, 11) is 0. The molecular formula is C12H16BrCl2N. The summed E-state index contributed by atoms with van der Waals surface area (Å²) in [5.74, 6) is 0. The van der Waals surface area contributed by atoms with Crippen molar-refractivity contribution in [3.05, 3.63) is 33.3 Å². The molecule has 2 unspecified atom stereocenters. The number of alkyl halides is 1. The summed E-state index contributed by atoms with van der Waals surface area (Å²) in [6.45, 7) is 4.91. The zero-order chi connectivity index (χ0) is 12.1. The Bertz CT molecular complexity index is 342. The summed E-state index contributed by atoms with van der Waals surface area (Å²) in [4.78, 5) is 0. The molecule has 0 aromatic heterocycles. The second-order valence-electron chi connectivity index (χ2n) is 4.03. The Morgan fingerprint density at radius 2 is 2.06 bits per heavy atom. The molecule has 4 heteroatoms. The van der Waals surface area contributed by atoms with Crippen LogP contribution in [-0.2, 0) is 6.54 Å². The van der Waals surface area contributed by atoms with E-state index in [1.54, 1.807) is 0 Å². The molecule has 16 heavy (non-hydrogen) atoms. The first kappa shape index (κ1) is 14.3. The molecule has 0 spiro atoms. The van der Waals surface area contributed by atoms with Crippen molar-refractivity contribution in [2.24, 2.45) is 0 Å². The lowest BCUT2D eigenvalue weighted by Gasteiger charge is -2.15. The highest BCUT2D eigenvalue weighted by Crippen LogP contribution is 2.21. The maximum absolute atomic E-state index is 6.12. The van der Waals surface area contributed by atoms with E-state index in [0.717, 1.165) is 28.0 Å². The number of hydrogen-bond acceptors (Lipinski definition) is 1. The number of halogens is 3. The van der Waals surface area contributed by atoms with Gasteiger partial charge in [-0.15, -0.1) is 11.6 Å². The van der Waals surface area contributed by atoms with Gasteiger partial charge in [-0.1, -0.05) is 33.6 Å². The SMILES string of the molecule is CC(Cl)CC(C)NCc1ccc(Br)cc1Cl. The van der Waals surface area contributed by atoms with Crippen molar-refractivity contribution in [1.82, 2.24) is 5.32 Å². The first-order chi connectivity index (χ1) is 7.49. The van der Waals surface area contributed by atoms with Gasteiger partial charge >= 0.3 is 0 Å². The minimum Gasteiger partial charge on any atom is -0.310 e. The molecule has 1 rings (SSSR count). The van der Waals surface area contributed by atoms with Crippen LogP contribution in [0.2, 0.25) is 5.02 Å². The van der Waals surface area contributed by atoms with Crippen molar-refractivity contribution < 1.29 is 0 Å². The molecule has 0 fully saturated rings. The average Bonchev–Trinajstić information content (AvgIpc) is 2.15. The maximum atomic E-state index is 6.12. The van der Waals surface area contributed by atoms with Crippen molar-refractivity contribution in [2.45, 2.75) is 38.2 Å². The fourth-order valence-electron chi connectivity index (χ4n) is 1.52. The van der Waals surface area contributed by atoms with E-state index in [1.807, 2.05) is 25.1 Å². The molecular weight excluding hydrogens is 309 g/mol. The van der Waals surface area contributed by atoms with Crippen LogP contribution >= 0.6 is 39.1 Å². The zero-order valence-electron chi connectivity index (χ0n) is 9.43. The van der Waals surface area contributed by atoms with E-state index in [1.165, 1.54) is 0 Å². The molecule has 90 valence electrons. The van der Waals surface area contributed by atoms with E-state index in [-0.39, 0.29) is 5.38 Å². The highest BCUT2D eigenvalue weighted by molar-refractivity contribution is 9.10. The Balaban J connectivity index is 2.48. The predicted octanol–water partition coefficient (Wildman–Crippen LogP) is 4.60. The van der Waals surface area contributed by atoms with Gasteiger partial charge in [-0.25, -0.2) is 0 Å². The van der Waals surface area contributed by atoms with E-state index in [0.29, 0.717) is 6.04 Å². The zero-order valence-corrected chi connectivity index (χ0v) is 12.5. The molecule has 0 saturated carbocycles. The third-order valence-electron chi connectivity index (χ3n) is 2.33. The number of nitrogens with one attached hydrogen (secondary N) is 1. The molecule has 0 saturated heterocycles. The van der Waals surface area contributed by atoms with Crippen molar-refractivity contribution in [3.63, 3.8) is 0 Å². The maximum Gasteiger partial charge on any atom is 0.0462 e. The molecule has 0 bridgehead atoms. The highest BCUT2D eigenvalue weighted by atomic mass is 79.9. The molecule has 1 N–H and O–H groups in total. The first-order valence-electron chi connectivity index (χ1n) is 5.30. The molecule has 0 radical (unpaired) electrons. The Morgan fingerprint density at radius 3 is 2.62 bits per heavy atom.